The Morgan fingerprint density at radius 1 is 1.17 bits per heavy atom. The molecule has 4 rings (SSSR count). The molecule has 0 fully saturated rings. The molecule has 29 heavy (non-hydrogen) atoms. The van der Waals surface area contributed by atoms with Gasteiger partial charge in [0.1, 0.15) is 17.2 Å². The average Bonchev–Trinajstić information content (AvgIpc) is 3.12. The van der Waals surface area contributed by atoms with Gasteiger partial charge in [-0.2, -0.15) is 0 Å². The summed E-state index contributed by atoms with van der Waals surface area (Å²) in [4.78, 5) is 30.4. The first-order valence-corrected chi connectivity index (χ1v) is 9.90. The molecule has 0 aliphatic rings. The molecule has 7 heteroatoms. The molecule has 1 amide bonds. The van der Waals surface area contributed by atoms with Gasteiger partial charge in [-0.25, -0.2) is 9.37 Å². The van der Waals surface area contributed by atoms with Crippen LogP contribution in [0.1, 0.15) is 11.1 Å². The Kier molecular flexibility index (Phi) is 4.98. The van der Waals surface area contributed by atoms with E-state index in [9.17, 15) is 14.0 Å². The second-order valence-electron chi connectivity index (χ2n) is 6.88. The summed E-state index contributed by atoms with van der Waals surface area (Å²) in [6.45, 7) is 3.76. The molecule has 2 aromatic heterocycles. The highest BCUT2D eigenvalue weighted by atomic mass is 32.1. The van der Waals surface area contributed by atoms with E-state index in [2.05, 4.69) is 10.3 Å². The fourth-order valence-electron chi connectivity index (χ4n) is 3.22. The summed E-state index contributed by atoms with van der Waals surface area (Å²) in [7, 11) is 0. The van der Waals surface area contributed by atoms with Crippen LogP contribution in [0.4, 0.5) is 10.1 Å². The first-order chi connectivity index (χ1) is 13.9. The van der Waals surface area contributed by atoms with E-state index in [-0.39, 0.29) is 23.8 Å². The van der Waals surface area contributed by atoms with Crippen molar-refractivity contribution in [3.63, 3.8) is 0 Å². The monoisotopic (exact) mass is 407 g/mol. The second-order valence-corrected chi connectivity index (χ2v) is 7.74. The van der Waals surface area contributed by atoms with Gasteiger partial charge in [-0.1, -0.05) is 29.8 Å². The molecule has 5 nitrogen and oxygen atoms in total. The first kappa shape index (κ1) is 19.0. The minimum absolute atomic E-state index is 0.145. The summed E-state index contributed by atoms with van der Waals surface area (Å²) in [5, 5.41) is 5.10. The fourth-order valence-corrected chi connectivity index (χ4v) is 4.13. The molecule has 0 atom stereocenters. The number of hydrogen-bond acceptors (Lipinski definition) is 4. The van der Waals surface area contributed by atoms with Crippen LogP contribution >= 0.6 is 11.3 Å². The number of hydrogen-bond donors (Lipinski definition) is 1. The van der Waals surface area contributed by atoms with Crippen molar-refractivity contribution in [2.24, 2.45) is 0 Å². The molecule has 146 valence electrons. The van der Waals surface area contributed by atoms with Gasteiger partial charge in [-0.15, -0.1) is 11.3 Å². The molecule has 0 unspecified atom stereocenters. The Bertz CT molecular complexity index is 1280. The molecule has 1 N–H and O–H groups in total. The Morgan fingerprint density at radius 2 is 1.93 bits per heavy atom. The van der Waals surface area contributed by atoms with E-state index in [1.807, 2.05) is 37.4 Å². The van der Waals surface area contributed by atoms with Gasteiger partial charge in [0, 0.05) is 16.6 Å². The van der Waals surface area contributed by atoms with Crippen molar-refractivity contribution in [3.05, 3.63) is 81.5 Å². The average molecular weight is 407 g/mol. The van der Waals surface area contributed by atoms with Gasteiger partial charge in [0.05, 0.1) is 11.7 Å². The number of thiophene rings is 1. The molecule has 0 radical (unpaired) electrons. The Balaban J connectivity index is 1.65. The summed E-state index contributed by atoms with van der Waals surface area (Å²) >= 11 is 1.34. The van der Waals surface area contributed by atoms with E-state index in [0.717, 1.165) is 16.7 Å². The van der Waals surface area contributed by atoms with Crippen LogP contribution in [0.25, 0.3) is 21.3 Å². The number of carbonyl (C=O) groups excluding carboxylic acids is 1. The normalized spacial score (nSPS) is 11.0. The Morgan fingerprint density at radius 3 is 2.66 bits per heavy atom. The summed E-state index contributed by atoms with van der Waals surface area (Å²) < 4.78 is 14.5. The lowest BCUT2D eigenvalue weighted by Gasteiger charge is -2.10. The second kappa shape index (κ2) is 7.60. The number of carbonyl (C=O) groups is 1. The maximum atomic E-state index is 13.2. The highest BCUT2D eigenvalue weighted by molar-refractivity contribution is 7.17. The minimum Gasteiger partial charge on any atom is -0.324 e. The fraction of sp³-hybridized carbons (Fsp3) is 0.136. The zero-order valence-electron chi connectivity index (χ0n) is 15.9. The third kappa shape index (κ3) is 3.82. The zero-order chi connectivity index (χ0) is 20.5. The van der Waals surface area contributed by atoms with Crippen molar-refractivity contribution in [1.29, 1.82) is 0 Å². The molecular formula is C22H18FN3O2S. The molecule has 0 aliphatic heterocycles. The lowest BCUT2D eigenvalue weighted by atomic mass is 10.1. The van der Waals surface area contributed by atoms with Gasteiger partial charge in [-0.3, -0.25) is 14.2 Å². The third-order valence-electron chi connectivity index (χ3n) is 4.69. The number of anilines is 1. The Hall–Kier alpha value is -3.32. The number of halogens is 1. The van der Waals surface area contributed by atoms with Gasteiger partial charge >= 0.3 is 0 Å². The van der Waals surface area contributed by atoms with Crippen LogP contribution in [0.5, 0.6) is 0 Å². The lowest BCUT2D eigenvalue weighted by Crippen LogP contribution is -2.28. The number of rotatable bonds is 4. The highest BCUT2D eigenvalue weighted by Gasteiger charge is 2.15. The van der Waals surface area contributed by atoms with E-state index in [4.69, 9.17) is 0 Å². The third-order valence-corrected chi connectivity index (χ3v) is 5.57. The lowest BCUT2D eigenvalue weighted by molar-refractivity contribution is -0.116. The van der Waals surface area contributed by atoms with Gasteiger partial charge < -0.3 is 5.32 Å². The van der Waals surface area contributed by atoms with Crippen molar-refractivity contribution in [3.8, 4) is 11.1 Å². The summed E-state index contributed by atoms with van der Waals surface area (Å²) in [6.07, 6.45) is 1.39. The van der Waals surface area contributed by atoms with Crippen LogP contribution in [0.15, 0.2) is 59.0 Å². The maximum Gasteiger partial charge on any atom is 0.263 e. The summed E-state index contributed by atoms with van der Waals surface area (Å²) in [5.74, 6) is -0.648. The van der Waals surface area contributed by atoms with Crippen LogP contribution < -0.4 is 10.9 Å². The topological polar surface area (TPSA) is 64.0 Å². The van der Waals surface area contributed by atoms with E-state index in [0.29, 0.717) is 21.5 Å². The molecule has 0 aliphatic carbocycles. The standard InChI is InChI=1S/C22H18FN3O2S/c1-13-3-8-18(14(2)9-13)25-19(27)10-26-12-24-21-20(22(26)28)17(11-29-21)15-4-6-16(23)7-5-15/h3-9,11-12H,10H2,1-2H3,(H,25,27). The van der Waals surface area contributed by atoms with Crippen LogP contribution in [0.2, 0.25) is 0 Å². The van der Waals surface area contributed by atoms with E-state index >= 15 is 0 Å². The number of nitrogens with one attached hydrogen (secondary N) is 1. The minimum atomic E-state index is -0.341. The van der Waals surface area contributed by atoms with E-state index < -0.39 is 0 Å². The molecule has 2 heterocycles. The number of nitrogens with zero attached hydrogens (tertiary/aromatic N) is 2. The molecule has 0 saturated carbocycles. The maximum absolute atomic E-state index is 13.2. The number of aromatic nitrogens is 2. The first-order valence-electron chi connectivity index (χ1n) is 9.02. The van der Waals surface area contributed by atoms with Gasteiger partial charge in [-0.05, 0) is 43.2 Å². The molecule has 4 aromatic rings. The van der Waals surface area contributed by atoms with Gasteiger partial charge in [0.2, 0.25) is 5.91 Å². The van der Waals surface area contributed by atoms with Crippen molar-refractivity contribution >= 4 is 33.1 Å². The summed E-state index contributed by atoms with van der Waals surface area (Å²) in [6, 6.07) is 11.7. The van der Waals surface area contributed by atoms with Crippen LogP contribution in [-0.4, -0.2) is 15.5 Å². The van der Waals surface area contributed by atoms with Crippen molar-refractivity contribution in [2.75, 3.05) is 5.32 Å². The smallest absolute Gasteiger partial charge is 0.263 e. The quantitative estimate of drug-likeness (QED) is 0.541. The number of aryl methyl sites for hydroxylation is 2. The summed E-state index contributed by atoms with van der Waals surface area (Å²) in [5.41, 5.74) is 3.89. The van der Waals surface area contributed by atoms with Gasteiger partial charge in [0.25, 0.3) is 5.56 Å². The number of fused-ring (bicyclic) bond motifs is 1. The number of benzene rings is 2. The van der Waals surface area contributed by atoms with E-state index in [1.165, 1.54) is 34.4 Å². The van der Waals surface area contributed by atoms with Crippen molar-refractivity contribution < 1.29 is 9.18 Å². The van der Waals surface area contributed by atoms with Crippen LogP contribution in [-0.2, 0) is 11.3 Å². The largest absolute Gasteiger partial charge is 0.324 e. The molecular weight excluding hydrogens is 389 g/mol. The van der Waals surface area contributed by atoms with Crippen molar-refractivity contribution in [1.82, 2.24) is 9.55 Å². The molecule has 0 saturated heterocycles. The Labute approximate surface area is 170 Å². The van der Waals surface area contributed by atoms with Crippen LogP contribution in [0.3, 0.4) is 0 Å². The highest BCUT2D eigenvalue weighted by Crippen LogP contribution is 2.30. The number of amides is 1. The molecule has 0 spiro atoms. The molecule has 2 aromatic carbocycles. The SMILES string of the molecule is Cc1ccc(NC(=O)Cn2cnc3scc(-c4ccc(F)cc4)c3c2=O)c(C)c1. The predicted octanol–water partition coefficient (Wildman–Crippen LogP) is 4.52. The van der Waals surface area contributed by atoms with Crippen LogP contribution in [0, 0.1) is 19.7 Å². The van der Waals surface area contributed by atoms with Crippen molar-refractivity contribution in [2.45, 2.75) is 20.4 Å². The molecule has 0 bridgehead atoms. The van der Waals surface area contributed by atoms with Gasteiger partial charge in [0.15, 0.2) is 0 Å². The zero-order valence-corrected chi connectivity index (χ0v) is 16.7. The van der Waals surface area contributed by atoms with E-state index in [1.54, 1.807) is 12.1 Å². The predicted molar refractivity (Wildman–Crippen MR) is 114 cm³/mol.